The Bertz CT molecular complexity index is 483. The van der Waals surface area contributed by atoms with Crippen molar-refractivity contribution in [3.05, 3.63) is 27.1 Å². The van der Waals surface area contributed by atoms with E-state index in [9.17, 15) is 9.59 Å². The predicted octanol–water partition coefficient (Wildman–Crippen LogP) is 2.58. The average molecular weight is 392 g/mol. The van der Waals surface area contributed by atoms with Gasteiger partial charge in [-0.2, -0.15) is 0 Å². The van der Waals surface area contributed by atoms with Crippen LogP contribution in [0.25, 0.3) is 0 Å². The van der Waals surface area contributed by atoms with Gasteiger partial charge in [-0.3, -0.25) is 10.1 Å². The maximum atomic E-state index is 11.5. The molecular weight excluding hydrogens is 380 g/mol. The molecule has 2 N–H and O–H groups in total. The summed E-state index contributed by atoms with van der Waals surface area (Å²) in [5.41, 5.74) is 0. The Morgan fingerprint density at radius 1 is 1.26 bits per heavy atom. The van der Waals surface area contributed by atoms with E-state index in [0.29, 0.717) is 5.75 Å². The number of halogens is 2. The zero-order valence-corrected chi connectivity index (χ0v) is 13.1. The van der Waals surface area contributed by atoms with Crippen LogP contribution >= 0.6 is 31.9 Å². The SMILES string of the molecule is O=C(COc1c(Br)cccc1Br)NC(=O)NC1CC1. The maximum absolute atomic E-state index is 11.5. The molecule has 3 amide bonds. The molecule has 0 spiro atoms. The largest absolute Gasteiger partial charge is 0.481 e. The lowest BCUT2D eigenvalue weighted by Crippen LogP contribution is -2.42. The molecule has 0 aromatic heterocycles. The van der Waals surface area contributed by atoms with Gasteiger partial charge in [0.2, 0.25) is 0 Å². The van der Waals surface area contributed by atoms with Gasteiger partial charge in [0.05, 0.1) is 8.95 Å². The number of ether oxygens (including phenoxy) is 1. The number of benzene rings is 1. The summed E-state index contributed by atoms with van der Waals surface area (Å²) in [7, 11) is 0. The first-order valence-electron chi connectivity index (χ1n) is 5.73. The van der Waals surface area contributed by atoms with E-state index in [1.165, 1.54) is 0 Å². The van der Waals surface area contributed by atoms with Crippen LogP contribution in [0.4, 0.5) is 4.79 Å². The molecule has 102 valence electrons. The minimum Gasteiger partial charge on any atom is -0.481 e. The van der Waals surface area contributed by atoms with Crippen molar-refractivity contribution in [1.29, 1.82) is 0 Å². The molecule has 1 fully saturated rings. The van der Waals surface area contributed by atoms with Crippen molar-refractivity contribution < 1.29 is 14.3 Å². The number of amides is 3. The first-order chi connectivity index (χ1) is 9.06. The minimum atomic E-state index is -0.485. The molecule has 5 nitrogen and oxygen atoms in total. The summed E-state index contributed by atoms with van der Waals surface area (Å²) >= 11 is 6.65. The lowest BCUT2D eigenvalue weighted by molar-refractivity contribution is -0.122. The molecule has 0 atom stereocenters. The van der Waals surface area contributed by atoms with Gasteiger partial charge < -0.3 is 10.1 Å². The van der Waals surface area contributed by atoms with Crippen LogP contribution in [-0.2, 0) is 4.79 Å². The molecule has 1 aromatic carbocycles. The first-order valence-corrected chi connectivity index (χ1v) is 7.32. The fraction of sp³-hybridized carbons (Fsp3) is 0.333. The van der Waals surface area contributed by atoms with Gasteiger partial charge in [-0.25, -0.2) is 4.79 Å². The highest BCUT2D eigenvalue weighted by molar-refractivity contribution is 9.11. The number of carbonyl (C=O) groups is 2. The summed E-state index contributed by atoms with van der Waals surface area (Å²) in [6, 6.07) is 5.19. The number of hydrogen-bond acceptors (Lipinski definition) is 3. The van der Waals surface area contributed by atoms with Crippen molar-refractivity contribution in [3.63, 3.8) is 0 Å². The molecule has 0 heterocycles. The molecule has 0 saturated heterocycles. The number of nitrogens with one attached hydrogen (secondary N) is 2. The van der Waals surface area contributed by atoms with E-state index < -0.39 is 11.9 Å². The molecular formula is C12H12Br2N2O3. The van der Waals surface area contributed by atoms with E-state index in [-0.39, 0.29) is 12.6 Å². The quantitative estimate of drug-likeness (QED) is 0.828. The third-order valence-corrected chi connectivity index (χ3v) is 3.68. The molecule has 19 heavy (non-hydrogen) atoms. The summed E-state index contributed by atoms with van der Waals surface area (Å²) in [6.45, 7) is -0.223. The molecule has 1 aliphatic carbocycles. The van der Waals surface area contributed by atoms with Crippen molar-refractivity contribution >= 4 is 43.8 Å². The second-order valence-electron chi connectivity index (χ2n) is 4.14. The van der Waals surface area contributed by atoms with E-state index >= 15 is 0 Å². The predicted molar refractivity (Wildman–Crippen MR) is 77.0 cm³/mol. The molecule has 7 heteroatoms. The smallest absolute Gasteiger partial charge is 0.321 e. The van der Waals surface area contributed by atoms with Crippen LogP contribution in [0.15, 0.2) is 27.1 Å². The molecule has 0 aliphatic heterocycles. The second kappa shape index (κ2) is 6.38. The summed E-state index contributed by atoms with van der Waals surface area (Å²) in [6.07, 6.45) is 1.95. The van der Waals surface area contributed by atoms with E-state index in [2.05, 4.69) is 42.5 Å². The van der Waals surface area contributed by atoms with E-state index in [4.69, 9.17) is 4.74 Å². The second-order valence-corrected chi connectivity index (χ2v) is 5.84. The topological polar surface area (TPSA) is 67.4 Å². The van der Waals surface area contributed by atoms with E-state index in [1.54, 1.807) is 12.1 Å². The maximum Gasteiger partial charge on any atom is 0.321 e. The Morgan fingerprint density at radius 3 is 2.47 bits per heavy atom. The van der Waals surface area contributed by atoms with Gasteiger partial charge in [-0.05, 0) is 56.8 Å². The van der Waals surface area contributed by atoms with Gasteiger partial charge >= 0.3 is 6.03 Å². The van der Waals surface area contributed by atoms with Crippen LogP contribution in [0.5, 0.6) is 5.75 Å². The highest BCUT2D eigenvalue weighted by Crippen LogP contribution is 2.32. The van der Waals surface area contributed by atoms with Crippen molar-refractivity contribution in [2.45, 2.75) is 18.9 Å². The number of urea groups is 1. The Kier molecular flexibility index (Phi) is 4.81. The third-order valence-electron chi connectivity index (χ3n) is 2.43. The summed E-state index contributed by atoms with van der Waals surface area (Å²) in [4.78, 5) is 22.9. The zero-order chi connectivity index (χ0) is 13.8. The number of hydrogen-bond donors (Lipinski definition) is 2. The van der Waals surface area contributed by atoms with Gasteiger partial charge in [0, 0.05) is 6.04 Å². The van der Waals surface area contributed by atoms with Crippen LogP contribution in [0.3, 0.4) is 0 Å². The normalized spacial score (nSPS) is 13.8. The summed E-state index contributed by atoms with van der Waals surface area (Å²) < 4.78 is 6.83. The Hall–Kier alpha value is -1.08. The van der Waals surface area contributed by atoms with Gasteiger partial charge in [-0.1, -0.05) is 6.07 Å². The fourth-order valence-corrected chi connectivity index (χ4v) is 2.60. The molecule has 0 bridgehead atoms. The van der Waals surface area contributed by atoms with E-state index in [0.717, 1.165) is 21.8 Å². The highest BCUT2D eigenvalue weighted by atomic mass is 79.9. The van der Waals surface area contributed by atoms with Crippen LogP contribution < -0.4 is 15.4 Å². The number of para-hydroxylation sites is 1. The minimum absolute atomic E-state index is 0.214. The van der Waals surface area contributed by atoms with Crippen LogP contribution in [0, 0.1) is 0 Å². The van der Waals surface area contributed by atoms with Crippen molar-refractivity contribution in [3.8, 4) is 5.75 Å². The Labute approximate surface area is 127 Å². The lowest BCUT2D eigenvalue weighted by Gasteiger charge is -2.10. The van der Waals surface area contributed by atoms with Crippen LogP contribution in [-0.4, -0.2) is 24.6 Å². The zero-order valence-electron chi connectivity index (χ0n) is 9.91. The lowest BCUT2D eigenvalue weighted by atomic mass is 10.3. The summed E-state index contributed by atoms with van der Waals surface area (Å²) in [5, 5.41) is 4.88. The Morgan fingerprint density at radius 2 is 1.89 bits per heavy atom. The molecule has 1 aliphatic rings. The van der Waals surface area contributed by atoms with Gasteiger partial charge in [0.1, 0.15) is 5.75 Å². The van der Waals surface area contributed by atoms with Crippen LogP contribution in [0.1, 0.15) is 12.8 Å². The molecule has 2 rings (SSSR count). The van der Waals surface area contributed by atoms with E-state index in [1.807, 2.05) is 6.07 Å². The van der Waals surface area contributed by atoms with Gasteiger partial charge in [0.15, 0.2) is 6.61 Å². The fourth-order valence-electron chi connectivity index (χ4n) is 1.37. The number of rotatable bonds is 4. The summed E-state index contributed by atoms with van der Waals surface area (Å²) in [5.74, 6) is 0.0426. The third kappa shape index (κ3) is 4.50. The molecule has 1 saturated carbocycles. The average Bonchev–Trinajstić information content (AvgIpc) is 3.12. The molecule has 0 unspecified atom stereocenters. The van der Waals surface area contributed by atoms with Crippen molar-refractivity contribution in [2.75, 3.05) is 6.61 Å². The van der Waals surface area contributed by atoms with Gasteiger partial charge in [0.25, 0.3) is 5.91 Å². The standard InChI is InChI=1S/C12H12Br2N2O3/c13-8-2-1-3-9(14)11(8)19-6-10(17)16-12(18)15-7-4-5-7/h1-3,7H,4-6H2,(H2,15,16,17,18). The molecule has 0 radical (unpaired) electrons. The number of imide groups is 1. The van der Waals surface area contributed by atoms with Crippen molar-refractivity contribution in [2.24, 2.45) is 0 Å². The van der Waals surface area contributed by atoms with Crippen LogP contribution in [0.2, 0.25) is 0 Å². The van der Waals surface area contributed by atoms with Gasteiger partial charge in [-0.15, -0.1) is 0 Å². The number of carbonyl (C=O) groups excluding carboxylic acids is 2. The molecule has 1 aromatic rings. The monoisotopic (exact) mass is 390 g/mol. The van der Waals surface area contributed by atoms with Crippen molar-refractivity contribution in [1.82, 2.24) is 10.6 Å². The Balaban J connectivity index is 1.80. The highest BCUT2D eigenvalue weighted by Gasteiger charge is 2.24. The first kappa shape index (κ1) is 14.3.